The van der Waals surface area contributed by atoms with Crippen molar-refractivity contribution in [2.75, 3.05) is 11.9 Å². The number of hydrogen-bond acceptors (Lipinski definition) is 4. The van der Waals surface area contributed by atoms with E-state index in [0.29, 0.717) is 13.0 Å². The van der Waals surface area contributed by atoms with Crippen molar-refractivity contribution in [3.05, 3.63) is 83.7 Å². The molecule has 0 bridgehead atoms. The Morgan fingerprint density at radius 2 is 1.93 bits per heavy atom. The van der Waals surface area contributed by atoms with Crippen molar-refractivity contribution in [1.29, 1.82) is 0 Å². The lowest BCUT2D eigenvalue weighted by molar-refractivity contribution is -0.116. The quantitative estimate of drug-likeness (QED) is 0.522. The van der Waals surface area contributed by atoms with Crippen molar-refractivity contribution < 1.29 is 9.53 Å². The van der Waals surface area contributed by atoms with Crippen LogP contribution in [-0.2, 0) is 10.5 Å². The van der Waals surface area contributed by atoms with Crippen LogP contribution >= 0.6 is 11.8 Å². The van der Waals surface area contributed by atoms with Gasteiger partial charge in [0.1, 0.15) is 5.75 Å². The van der Waals surface area contributed by atoms with Crippen molar-refractivity contribution in [1.82, 2.24) is 4.98 Å². The van der Waals surface area contributed by atoms with Crippen molar-refractivity contribution in [2.24, 2.45) is 0 Å². The van der Waals surface area contributed by atoms with Crippen molar-refractivity contribution in [3.63, 3.8) is 0 Å². The molecule has 0 radical (unpaired) electrons. The Hall–Kier alpha value is -2.79. The van der Waals surface area contributed by atoms with Crippen molar-refractivity contribution in [2.45, 2.75) is 30.9 Å². The molecule has 1 N–H and O–H groups in total. The van der Waals surface area contributed by atoms with Crippen molar-refractivity contribution in [3.8, 4) is 5.75 Å². The van der Waals surface area contributed by atoms with Crippen LogP contribution in [0.1, 0.15) is 23.1 Å². The fourth-order valence-corrected chi connectivity index (χ4v) is 3.46. The minimum atomic E-state index is -0.0546. The van der Waals surface area contributed by atoms with Gasteiger partial charge in [0.05, 0.1) is 13.0 Å². The molecule has 2 aromatic carbocycles. The van der Waals surface area contributed by atoms with Gasteiger partial charge in [-0.1, -0.05) is 18.2 Å². The SMILES string of the molecule is Cc1ccc(C)c(OCCC(=O)Nc2ccc(SCc3cccnc3)cc2)c1. The van der Waals surface area contributed by atoms with Crippen LogP contribution in [0.25, 0.3) is 0 Å². The topological polar surface area (TPSA) is 51.2 Å². The molecule has 1 heterocycles. The third-order valence-electron chi connectivity index (χ3n) is 4.20. The molecule has 1 aromatic heterocycles. The van der Waals surface area contributed by atoms with Gasteiger partial charge in [0, 0.05) is 28.7 Å². The molecule has 0 aliphatic heterocycles. The minimum Gasteiger partial charge on any atom is -0.493 e. The molecule has 0 fully saturated rings. The first-order valence-corrected chi connectivity index (χ1v) is 10.2. The monoisotopic (exact) mass is 392 g/mol. The molecule has 3 aromatic rings. The Labute approximate surface area is 170 Å². The molecular formula is C23H24N2O2S. The number of aryl methyl sites for hydroxylation is 2. The predicted molar refractivity (Wildman–Crippen MR) is 115 cm³/mol. The molecule has 0 saturated heterocycles. The van der Waals surface area contributed by atoms with Gasteiger partial charge in [0.2, 0.25) is 5.91 Å². The summed E-state index contributed by atoms with van der Waals surface area (Å²) in [7, 11) is 0. The Balaban J connectivity index is 1.43. The van der Waals surface area contributed by atoms with E-state index in [9.17, 15) is 4.79 Å². The van der Waals surface area contributed by atoms with Crippen LogP contribution in [0.5, 0.6) is 5.75 Å². The number of carbonyl (C=O) groups is 1. The van der Waals surface area contributed by atoms with Crippen LogP contribution in [-0.4, -0.2) is 17.5 Å². The summed E-state index contributed by atoms with van der Waals surface area (Å²) in [5.41, 5.74) is 4.20. The third-order valence-corrected chi connectivity index (χ3v) is 5.28. The first-order valence-electron chi connectivity index (χ1n) is 9.22. The second-order valence-corrected chi connectivity index (χ2v) is 7.64. The maximum atomic E-state index is 12.1. The number of carbonyl (C=O) groups excluding carboxylic acids is 1. The van der Waals surface area contributed by atoms with E-state index in [2.05, 4.69) is 16.4 Å². The molecule has 0 unspecified atom stereocenters. The normalized spacial score (nSPS) is 10.5. The maximum absolute atomic E-state index is 12.1. The van der Waals surface area contributed by atoms with Crippen LogP contribution in [0.15, 0.2) is 71.9 Å². The number of nitrogens with one attached hydrogen (secondary N) is 1. The van der Waals surface area contributed by atoms with Gasteiger partial charge in [0.15, 0.2) is 0 Å². The summed E-state index contributed by atoms with van der Waals surface area (Å²) < 4.78 is 5.75. The van der Waals surface area contributed by atoms with Gasteiger partial charge in [-0.05, 0) is 66.9 Å². The molecule has 0 aliphatic rings. The number of nitrogens with zero attached hydrogens (tertiary/aromatic N) is 1. The highest BCUT2D eigenvalue weighted by Crippen LogP contribution is 2.24. The van der Waals surface area contributed by atoms with Gasteiger partial charge >= 0.3 is 0 Å². The fourth-order valence-electron chi connectivity index (χ4n) is 2.62. The van der Waals surface area contributed by atoms with Crippen LogP contribution in [0.4, 0.5) is 5.69 Å². The molecule has 4 nitrogen and oxygen atoms in total. The summed E-state index contributed by atoms with van der Waals surface area (Å²) >= 11 is 1.74. The summed E-state index contributed by atoms with van der Waals surface area (Å²) in [5, 5.41) is 2.92. The van der Waals surface area contributed by atoms with Gasteiger partial charge in [-0.2, -0.15) is 0 Å². The number of rotatable bonds is 8. The summed E-state index contributed by atoms with van der Waals surface area (Å²) in [4.78, 5) is 17.4. The second-order valence-electron chi connectivity index (χ2n) is 6.59. The first-order chi connectivity index (χ1) is 13.6. The first kappa shape index (κ1) is 20.0. The van der Waals surface area contributed by atoms with E-state index >= 15 is 0 Å². The number of hydrogen-bond donors (Lipinski definition) is 1. The number of aromatic nitrogens is 1. The number of benzene rings is 2. The molecule has 0 spiro atoms. The van der Waals surface area contributed by atoms with Gasteiger partial charge in [-0.3, -0.25) is 9.78 Å². The fraction of sp³-hybridized carbons (Fsp3) is 0.217. The van der Waals surface area contributed by atoms with Gasteiger partial charge in [0.25, 0.3) is 0 Å². The van der Waals surface area contributed by atoms with E-state index in [0.717, 1.165) is 33.2 Å². The van der Waals surface area contributed by atoms with Gasteiger partial charge in [-0.15, -0.1) is 11.8 Å². The smallest absolute Gasteiger partial charge is 0.227 e. The zero-order valence-corrected chi connectivity index (χ0v) is 17.0. The Kier molecular flexibility index (Phi) is 7.09. The molecule has 0 aliphatic carbocycles. The summed E-state index contributed by atoms with van der Waals surface area (Å²) in [6, 6.07) is 18.0. The van der Waals surface area contributed by atoms with Crippen LogP contribution in [0.2, 0.25) is 0 Å². The van der Waals surface area contributed by atoms with E-state index in [-0.39, 0.29) is 5.91 Å². The lowest BCUT2D eigenvalue weighted by atomic mass is 10.1. The number of amides is 1. The predicted octanol–water partition coefficient (Wildman–Crippen LogP) is 5.40. The number of ether oxygens (including phenoxy) is 1. The molecule has 144 valence electrons. The van der Waals surface area contributed by atoms with E-state index in [4.69, 9.17) is 4.74 Å². The van der Waals surface area contributed by atoms with Crippen LogP contribution < -0.4 is 10.1 Å². The zero-order chi connectivity index (χ0) is 19.8. The average Bonchev–Trinajstić information content (AvgIpc) is 2.71. The van der Waals surface area contributed by atoms with Crippen LogP contribution in [0.3, 0.4) is 0 Å². The largest absolute Gasteiger partial charge is 0.493 e. The highest BCUT2D eigenvalue weighted by atomic mass is 32.2. The average molecular weight is 393 g/mol. The third kappa shape index (κ3) is 6.13. The number of thioether (sulfide) groups is 1. The van der Waals surface area contributed by atoms with Crippen LogP contribution in [0, 0.1) is 13.8 Å². The van der Waals surface area contributed by atoms with E-state index in [1.165, 1.54) is 5.56 Å². The maximum Gasteiger partial charge on any atom is 0.227 e. The lowest BCUT2D eigenvalue weighted by Crippen LogP contribution is -2.15. The minimum absolute atomic E-state index is 0.0546. The molecular weight excluding hydrogens is 368 g/mol. The zero-order valence-electron chi connectivity index (χ0n) is 16.1. The lowest BCUT2D eigenvalue weighted by Gasteiger charge is -2.10. The Morgan fingerprint density at radius 3 is 2.68 bits per heavy atom. The van der Waals surface area contributed by atoms with Crippen molar-refractivity contribution >= 4 is 23.4 Å². The molecule has 0 atom stereocenters. The summed E-state index contributed by atoms with van der Waals surface area (Å²) in [6.07, 6.45) is 3.96. The highest BCUT2D eigenvalue weighted by Gasteiger charge is 2.05. The number of pyridine rings is 1. The van der Waals surface area contributed by atoms with Gasteiger partial charge < -0.3 is 10.1 Å². The highest BCUT2D eigenvalue weighted by molar-refractivity contribution is 7.98. The van der Waals surface area contributed by atoms with E-state index in [1.54, 1.807) is 18.0 Å². The second kappa shape index (κ2) is 9.95. The number of anilines is 1. The van der Waals surface area contributed by atoms with Gasteiger partial charge in [-0.25, -0.2) is 0 Å². The summed E-state index contributed by atoms with van der Waals surface area (Å²) in [5.74, 6) is 1.65. The molecule has 0 saturated carbocycles. The molecule has 3 rings (SSSR count). The molecule has 28 heavy (non-hydrogen) atoms. The Morgan fingerprint density at radius 1 is 1.11 bits per heavy atom. The van der Waals surface area contributed by atoms with E-state index in [1.807, 2.05) is 68.6 Å². The Bertz CT molecular complexity index is 912. The molecule has 1 amide bonds. The molecule has 5 heteroatoms. The van der Waals surface area contributed by atoms with E-state index < -0.39 is 0 Å². The standard InChI is InChI=1S/C23H24N2O2S/c1-17-5-6-18(2)22(14-17)27-13-11-23(26)25-20-7-9-21(10-8-20)28-16-19-4-3-12-24-15-19/h3-10,12,14-15H,11,13,16H2,1-2H3,(H,25,26). The summed E-state index contributed by atoms with van der Waals surface area (Å²) in [6.45, 7) is 4.38.